The molecule has 0 spiro atoms. The first-order valence-corrected chi connectivity index (χ1v) is 13.0. The molecule has 3 aromatic rings. The van der Waals surface area contributed by atoms with E-state index in [4.69, 9.17) is 12.2 Å². The van der Waals surface area contributed by atoms with Crippen LogP contribution in [0.5, 0.6) is 0 Å². The highest BCUT2D eigenvalue weighted by molar-refractivity contribution is 7.99. The Morgan fingerprint density at radius 1 is 0.970 bits per heavy atom. The highest BCUT2D eigenvalue weighted by atomic mass is 35.5. The number of aromatic nitrogens is 2. The number of halogens is 1. The van der Waals surface area contributed by atoms with E-state index in [1.54, 1.807) is 4.57 Å². The first-order valence-electron chi connectivity index (χ1n) is 11.6. The average Bonchev–Trinajstić information content (AvgIpc) is 2.83. The first-order chi connectivity index (χ1) is 15.7. The second-order valence-corrected chi connectivity index (χ2v) is 9.81. The van der Waals surface area contributed by atoms with E-state index in [1.165, 1.54) is 22.8 Å². The van der Waals surface area contributed by atoms with Gasteiger partial charge in [0.2, 0.25) is 0 Å². The number of nitrogens with one attached hydrogen (secondary N) is 1. The van der Waals surface area contributed by atoms with Crippen molar-refractivity contribution in [2.75, 3.05) is 43.4 Å². The summed E-state index contributed by atoms with van der Waals surface area (Å²) < 4.78 is 2.22. The van der Waals surface area contributed by atoms with Crippen LogP contribution in [0, 0.1) is 4.77 Å². The number of aromatic amines is 1. The van der Waals surface area contributed by atoms with Crippen molar-refractivity contribution >= 4 is 53.0 Å². The zero-order valence-corrected chi connectivity index (χ0v) is 21.6. The minimum atomic E-state index is 0. The molecule has 1 fully saturated rings. The molecule has 1 aromatic heterocycles. The molecule has 1 saturated heterocycles. The van der Waals surface area contributed by atoms with Crippen LogP contribution in [0.15, 0.2) is 58.2 Å². The molecule has 1 N–H and O–H groups in total. The van der Waals surface area contributed by atoms with Gasteiger partial charge in [-0.15, -0.1) is 24.2 Å². The average molecular weight is 505 g/mol. The smallest absolute Gasteiger partial charge is 0.262 e. The molecule has 8 heteroatoms. The fraction of sp³-hybridized carbons (Fsp3) is 0.440. The van der Waals surface area contributed by atoms with Crippen LogP contribution in [-0.2, 0) is 6.54 Å². The van der Waals surface area contributed by atoms with Gasteiger partial charge in [0.15, 0.2) is 4.77 Å². The highest BCUT2D eigenvalue weighted by Gasteiger charge is 2.19. The largest absolute Gasteiger partial charge is 0.368 e. The second-order valence-electron chi connectivity index (χ2n) is 8.28. The van der Waals surface area contributed by atoms with E-state index in [2.05, 4.69) is 46.0 Å². The van der Waals surface area contributed by atoms with Gasteiger partial charge in [0.1, 0.15) is 0 Å². The maximum atomic E-state index is 12.8. The summed E-state index contributed by atoms with van der Waals surface area (Å²) in [6.07, 6.45) is 3.21. The van der Waals surface area contributed by atoms with Gasteiger partial charge in [0, 0.05) is 37.6 Å². The summed E-state index contributed by atoms with van der Waals surface area (Å²) in [7, 11) is 0. The van der Waals surface area contributed by atoms with Crippen LogP contribution in [0.2, 0.25) is 0 Å². The molecule has 1 aliphatic rings. The molecule has 0 aliphatic carbocycles. The number of unbranched alkanes of at least 4 members (excludes halogenated alkanes) is 1. The van der Waals surface area contributed by atoms with Crippen LogP contribution in [0.1, 0.15) is 26.2 Å². The summed E-state index contributed by atoms with van der Waals surface area (Å²) in [4.78, 5) is 22.4. The number of hydrogen-bond acceptors (Lipinski definition) is 5. The standard InChI is InChI=1S/C25H32N4OS2.ClH/c1-2-19-32-23-12-6-5-11-22(23)28-17-15-27(16-18-28)13-7-8-14-29-24(30)20-9-3-4-10-21(20)26-25(29)31;/h3-6,9-12H,2,7-8,13-19H2,1H3,(H,26,31);1H. The fourth-order valence-corrected chi connectivity index (χ4v) is 5.50. The Labute approximate surface area is 211 Å². The van der Waals surface area contributed by atoms with Crippen molar-refractivity contribution in [3.05, 3.63) is 63.7 Å². The summed E-state index contributed by atoms with van der Waals surface area (Å²) in [5.41, 5.74) is 2.21. The molecular weight excluding hydrogens is 472 g/mol. The number of fused-ring (bicyclic) bond motifs is 1. The quantitative estimate of drug-likeness (QED) is 0.234. The van der Waals surface area contributed by atoms with Gasteiger partial charge in [-0.2, -0.15) is 0 Å². The summed E-state index contributed by atoms with van der Waals surface area (Å²) >= 11 is 7.39. The van der Waals surface area contributed by atoms with Crippen molar-refractivity contribution in [3.63, 3.8) is 0 Å². The number of benzene rings is 2. The van der Waals surface area contributed by atoms with Crippen molar-refractivity contribution in [2.24, 2.45) is 0 Å². The predicted molar refractivity (Wildman–Crippen MR) is 146 cm³/mol. The Morgan fingerprint density at radius 2 is 1.67 bits per heavy atom. The van der Waals surface area contributed by atoms with Crippen LogP contribution in [0.25, 0.3) is 10.9 Å². The van der Waals surface area contributed by atoms with Gasteiger partial charge in [-0.05, 0) is 68.0 Å². The molecule has 0 unspecified atom stereocenters. The normalized spacial score (nSPS) is 14.4. The molecule has 0 saturated carbocycles. The molecule has 0 radical (unpaired) electrons. The maximum Gasteiger partial charge on any atom is 0.262 e. The number of rotatable bonds is 9. The maximum absolute atomic E-state index is 12.8. The number of anilines is 1. The van der Waals surface area contributed by atoms with Crippen LogP contribution < -0.4 is 10.5 Å². The van der Waals surface area contributed by atoms with Gasteiger partial charge in [-0.1, -0.05) is 31.2 Å². The molecule has 0 bridgehead atoms. The molecule has 178 valence electrons. The molecule has 4 rings (SSSR count). The van der Waals surface area contributed by atoms with Gasteiger partial charge in [0.05, 0.1) is 16.6 Å². The van der Waals surface area contributed by atoms with Crippen LogP contribution in [-0.4, -0.2) is 52.9 Å². The van der Waals surface area contributed by atoms with E-state index in [0.29, 0.717) is 16.7 Å². The van der Waals surface area contributed by atoms with E-state index >= 15 is 0 Å². The van der Waals surface area contributed by atoms with E-state index in [0.717, 1.165) is 51.1 Å². The Hall–Kier alpha value is -1.80. The topological polar surface area (TPSA) is 44.3 Å². The third kappa shape index (κ3) is 6.41. The van der Waals surface area contributed by atoms with Crippen molar-refractivity contribution < 1.29 is 0 Å². The van der Waals surface area contributed by atoms with Crippen molar-refractivity contribution in [2.45, 2.75) is 37.6 Å². The Morgan fingerprint density at radius 3 is 2.45 bits per heavy atom. The summed E-state index contributed by atoms with van der Waals surface area (Å²) in [5.74, 6) is 1.17. The third-order valence-electron chi connectivity index (χ3n) is 6.04. The molecule has 1 aliphatic heterocycles. The molecule has 0 atom stereocenters. The SMILES string of the molecule is CCCSc1ccccc1N1CCN(CCCCn2c(=S)[nH]c3ccccc3c2=O)CC1.Cl. The van der Waals surface area contributed by atoms with Crippen LogP contribution >= 0.6 is 36.4 Å². The van der Waals surface area contributed by atoms with Crippen LogP contribution in [0.4, 0.5) is 5.69 Å². The van der Waals surface area contributed by atoms with E-state index in [9.17, 15) is 4.79 Å². The zero-order valence-electron chi connectivity index (χ0n) is 19.2. The highest BCUT2D eigenvalue weighted by Crippen LogP contribution is 2.31. The molecule has 5 nitrogen and oxygen atoms in total. The minimum Gasteiger partial charge on any atom is -0.368 e. The minimum absolute atomic E-state index is 0. The number of hydrogen-bond donors (Lipinski definition) is 1. The van der Waals surface area contributed by atoms with Crippen molar-refractivity contribution in [1.82, 2.24) is 14.5 Å². The summed E-state index contributed by atoms with van der Waals surface area (Å²) in [6, 6.07) is 16.4. The molecular formula is C25H33ClN4OS2. The lowest BCUT2D eigenvalue weighted by Crippen LogP contribution is -2.46. The summed E-state index contributed by atoms with van der Waals surface area (Å²) in [5, 5.41) is 0.703. The van der Waals surface area contributed by atoms with Gasteiger partial charge in [-0.25, -0.2) is 0 Å². The Balaban J connectivity index is 0.00000306. The summed E-state index contributed by atoms with van der Waals surface area (Å²) in [6.45, 7) is 8.28. The molecule has 0 amide bonds. The first kappa shape index (κ1) is 25.8. The van der Waals surface area contributed by atoms with Crippen molar-refractivity contribution in [1.29, 1.82) is 0 Å². The molecule has 33 heavy (non-hydrogen) atoms. The fourth-order valence-electron chi connectivity index (χ4n) is 4.27. The molecule has 2 aromatic carbocycles. The second kappa shape index (κ2) is 12.6. The number of nitrogens with zero attached hydrogens (tertiary/aromatic N) is 3. The van der Waals surface area contributed by atoms with Crippen LogP contribution in [0.3, 0.4) is 0 Å². The Kier molecular flexibility index (Phi) is 9.86. The zero-order chi connectivity index (χ0) is 22.3. The monoisotopic (exact) mass is 504 g/mol. The van der Waals surface area contributed by atoms with Crippen molar-refractivity contribution in [3.8, 4) is 0 Å². The lowest BCUT2D eigenvalue weighted by Gasteiger charge is -2.37. The number of piperazine rings is 1. The molecule has 2 heterocycles. The number of para-hydroxylation sites is 2. The van der Waals surface area contributed by atoms with Gasteiger partial charge < -0.3 is 9.88 Å². The van der Waals surface area contributed by atoms with Gasteiger partial charge >= 0.3 is 0 Å². The van der Waals surface area contributed by atoms with Gasteiger partial charge in [0.25, 0.3) is 5.56 Å². The third-order valence-corrected chi connectivity index (χ3v) is 7.63. The number of H-pyrrole nitrogens is 1. The van der Waals surface area contributed by atoms with Gasteiger partial charge in [-0.3, -0.25) is 14.3 Å². The van der Waals surface area contributed by atoms with E-state index < -0.39 is 0 Å². The lowest BCUT2D eigenvalue weighted by molar-refractivity contribution is 0.251. The lowest BCUT2D eigenvalue weighted by atomic mass is 10.2. The number of thioether (sulfide) groups is 1. The Bertz CT molecular complexity index is 1150. The van der Waals surface area contributed by atoms with E-state index in [1.807, 2.05) is 36.0 Å². The van der Waals surface area contributed by atoms with E-state index in [-0.39, 0.29) is 18.0 Å². The predicted octanol–water partition coefficient (Wildman–Crippen LogP) is 5.59.